The van der Waals surface area contributed by atoms with Gasteiger partial charge in [-0.2, -0.15) is 0 Å². The highest BCUT2D eigenvalue weighted by Crippen LogP contribution is 2.28. The number of hydrogen-bond donors (Lipinski definition) is 0. The Morgan fingerprint density at radius 2 is 0.758 bits per heavy atom. The second-order valence-electron chi connectivity index (χ2n) is 9.02. The van der Waals surface area contributed by atoms with Crippen molar-refractivity contribution in [3.8, 4) is 0 Å². The Bertz CT molecular complexity index is 501. The average molecular weight is 469 g/mol. The molecule has 1 aromatic carbocycles. The summed E-state index contributed by atoms with van der Waals surface area (Å²) < 4.78 is 0. The maximum Gasteiger partial charge on any atom is 0.0888 e. The molecule has 0 aliphatic rings. The Hall–Kier alpha value is -1.02. The lowest BCUT2D eigenvalue weighted by molar-refractivity contribution is -0.297. The predicted octanol–water partition coefficient (Wildman–Crippen LogP) is 7.24. The zero-order chi connectivity index (χ0) is 24.3. The monoisotopic (exact) mass is 468 g/mol. The van der Waals surface area contributed by atoms with E-state index in [1.165, 1.54) is 16.7 Å². The van der Waals surface area contributed by atoms with Gasteiger partial charge in [-0.1, -0.05) is 79.0 Å². The minimum absolute atomic E-state index is 0.202. The lowest BCUT2D eigenvalue weighted by Crippen LogP contribution is -2.12. The topological polar surface area (TPSA) is 55.4 Å². The van der Waals surface area contributed by atoms with Crippen molar-refractivity contribution in [3.05, 3.63) is 34.9 Å². The SMILES string of the molecule is CCCCOOCC(C)c1cc(C(C)COOCCCC)cc(C(C)COOCCCC)c1. The van der Waals surface area contributed by atoms with E-state index in [1.807, 2.05) is 0 Å². The Morgan fingerprint density at radius 3 is 1.00 bits per heavy atom. The molecule has 0 fully saturated rings. The third-order valence-electron chi connectivity index (χ3n) is 5.65. The highest BCUT2D eigenvalue weighted by atomic mass is 17.2. The van der Waals surface area contributed by atoms with Crippen molar-refractivity contribution in [1.29, 1.82) is 0 Å². The molecule has 33 heavy (non-hydrogen) atoms. The first kappa shape index (κ1) is 30.0. The van der Waals surface area contributed by atoms with Crippen molar-refractivity contribution < 1.29 is 29.3 Å². The second-order valence-corrected chi connectivity index (χ2v) is 9.02. The van der Waals surface area contributed by atoms with Gasteiger partial charge in [0.2, 0.25) is 0 Å². The van der Waals surface area contributed by atoms with E-state index >= 15 is 0 Å². The van der Waals surface area contributed by atoms with Crippen LogP contribution in [0.15, 0.2) is 18.2 Å². The molecule has 0 aliphatic heterocycles. The first-order chi connectivity index (χ1) is 16.0. The van der Waals surface area contributed by atoms with Crippen LogP contribution in [0, 0.1) is 0 Å². The molecule has 3 unspecified atom stereocenters. The molecule has 3 atom stereocenters. The summed E-state index contributed by atoms with van der Waals surface area (Å²) in [4.78, 5) is 32.4. The molecule has 0 spiro atoms. The molecule has 6 heteroatoms. The fourth-order valence-electron chi connectivity index (χ4n) is 3.08. The van der Waals surface area contributed by atoms with Crippen LogP contribution in [-0.4, -0.2) is 39.6 Å². The Balaban J connectivity index is 2.81. The van der Waals surface area contributed by atoms with Crippen molar-refractivity contribution >= 4 is 0 Å². The van der Waals surface area contributed by atoms with Gasteiger partial charge in [0.15, 0.2) is 0 Å². The van der Waals surface area contributed by atoms with Crippen LogP contribution in [0.1, 0.15) is 115 Å². The average Bonchev–Trinajstić information content (AvgIpc) is 2.83. The molecule has 0 radical (unpaired) electrons. The predicted molar refractivity (Wildman–Crippen MR) is 132 cm³/mol. The number of unbranched alkanes of at least 4 members (excludes halogenated alkanes) is 3. The van der Waals surface area contributed by atoms with E-state index < -0.39 is 0 Å². The van der Waals surface area contributed by atoms with E-state index in [9.17, 15) is 0 Å². The van der Waals surface area contributed by atoms with Crippen molar-refractivity contribution in [2.75, 3.05) is 39.6 Å². The minimum Gasteiger partial charge on any atom is -0.237 e. The quantitative estimate of drug-likeness (QED) is 0.108. The molecule has 0 aromatic heterocycles. The molecule has 0 heterocycles. The van der Waals surface area contributed by atoms with Gasteiger partial charge < -0.3 is 0 Å². The maximum absolute atomic E-state index is 5.47. The first-order valence-electron chi connectivity index (χ1n) is 12.9. The van der Waals surface area contributed by atoms with E-state index in [-0.39, 0.29) is 17.8 Å². The molecule has 6 nitrogen and oxygen atoms in total. The summed E-state index contributed by atoms with van der Waals surface area (Å²) in [5, 5.41) is 0. The third-order valence-corrected chi connectivity index (χ3v) is 5.65. The Labute approximate surface area is 202 Å². The normalized spacial score (nSPS) is 14.4. The highest BCUT2D eigenvalue weighted by molar-refractivity contribution is 5.36. The van der Waals surface area contributed by atoms with Crippen molar-refractivity contribution in [3.63, 3.8) is 0 Å². The third kappa shape index (κ3) is 13.5. The molecule has 192 valence electrons. The van der Waals surface area contributed by atoms with Crippen LogP contribution in [0.4, 0.5) is 0 Å². The smallest absolute Gasteiger partial charge is 0.0888 e. The fraction of sp³-hybridized carbons (Fsp3) is 0.778. The highest BCUT2D eigenvalue weighted by Gasteiger charge is 2.17. The van der Waals surface area contributed by atoms with Crippen LogP contribution in [0.5, 0.6) is 0 Å². The lowest BCUT2D eigenvalue weighted by Gasteiger charge is -2.21. The summed E-state index contributed by atoms with van der Waals surface area (Å²) in [5.41, 5.74) is 3.66. The van der Waals surface area contributed by atoms with Crippen LogP contribution < -0.4 is 0 Å². The number of benzene rings is 1. The van der Waals surface area contributed by atoms with E-state index in [0.29, 0.717) is 39.6 Å². The molecule has 0 amide bonds. The van der Waals surface area contributed by atoms with E-state index in [4.69, 9.17) is 29.3 Å². The van der Waals surface area contributed by atoms with Gasteiger partial charge in [0.05, 0.1) is 39.6 Å². The van der Waals surface area contributed by atoms with Crippen LogP contribution in [0.3, 0.4) is 0 Å². The van der Waals surface area contributed by atoms with E-state index in [0.717, 1.165) is 38.5 Å². The Morgan fingerprint density at radius 1 is 0.485 bits per heavy atom. The molecule has 1 rings (SSSR count). The van der Waals surface area contributed by atoms with Gasteiger partial charge in [-0.15, -0.1) is 0 Å². The molecular formula is C27H48O6. The molecule has 0 aliphatic carbocycles. The molecular weight excluding hydrogens is 420 g/mol. The van der Waals surface area contributed by atoms with E-state index in [2.05, 4.69) is 59.7 Å². The second kappa shape index (κ2) is 19.3. The largest absolute Gasteiger partial charge is 0.237 e. The van der Waals surface area contributed by atoms with Gasteiger partial charge in [0.25, 0.3) is 0 Å². The maximum atomic E-state index is 5.47. The Kier molecular flexibility index (Phi) is 17.6. The first-order valence-corrected chi connectivity index (χ1v) is 12.9. The van der Waals surface area contributed by atoms with Gasteiger partial charge in [0, 0.05) is 17.8 Å². The fourth-order valence-corrected chi connectivity index (χ4v) is 3.08. The zero-order valence-corrected chi connectivity index (χ0v) is 21.9. The molecule has 0 saturated heterocycles. The van der Waals surface area contributed by atoms with Crippen molar-refractivity contribution in [2.45, 2.75) is 97.8 Å². The number of rotatable bonds is 21. The van der Waals surface area contributed by atoms with Crippen LogP contribution in [-0.2, 0) is 29.3 Å². The summed E-state index contributed by atoms with van der Waals surface area (Å²) in [7, 11) is 0. The molecule has 0 bridgehead atoms. The van der Waals surface area contributed by atoms with Crippen LogP contribution in [0.25, 0.3) is 0 Å². The molecule has 0 saturated carbocycles. The van der Waals surface area contributed by atoms with Gasteiger partial charge in [-0.3, -0.25) is 0 Å². The summed E-state index contributed by atoms with van der Waals surface area (Å²) >= 11 is 0. The summed E-state index contributed by atoms with van der Waals surface area (Å²) in [5.74, 6) is 0.606. The minimum atomic E-state index is 0.202. The van der Waals surface area contributed by atoms with Crippen LogP contribution >= 0.6 is 0 Å². The van der Waals surface area contributed by atoms with Gasteiger partial charge >= 0.3 is 0 Å². The number of hydrogen-bond acceptors (Lipinski definition) is 6. The summed E-state index contributed by atoms with van der Waals surface area (Å²) in [6, 6.07) is 6.74. The zero-order valence-electron chi connectivity index (χ0n) is 21.9. The van der Waals surface area contributed by atoms with Gasteiger partial charge in [0.1, 0.15) is 0 Å². The summed E-state index contributed by atoms with van der Waals surface area (Å²) in [6.07, 6.45) is 6.29. The molecule has 0 N–H and O–H groups in total. The van der Waals surface area contributed by atoms with Crippen molar-refractivity contribution in [2.24, 2.45) is 0 Å². The van der Waals surface area contributed by atoms with Gasteiger partial charge in [-0.05, 0) is 36.0 Å². The van der Waals surface area contributed by atoms with Crippen molar-refractivity contribution in [1.82, 2.24) is 0 Å². The lowest BCUT2D eigenvalue weighted by atomic mass is 9.89. The van der Waals surface area contributed by atoms with Crippen LogP contribution in [0.2, 0.25) is 0 Å². The molecule has 1 aromatic rings. The standard InChI is InChI=1S/C27H48O6/c1-7-10-13-28-31-19-22(4)25-16-26(23(5)20-32-29-14-11-8-2)18-27(17-25)24(6)21-33-30-15-12-9-3/h16-18,22-24H,7-15,19-21H2,1-6H3. The summed E-state index contributed by atoms with van der Waals surface area (Å²) in [6.45, 7) is 16.3. The van der Waals surface area contributed by atoms with Gasteiger partial charge in [-0.25, -0.2) is 29.3 Å². The van der Waals surface area contributed by atoms with E-state index in [1.54, 1.807) is 0 Å².